The summed E-state index contributed by atoms with van der Waals surface area (Å²) in [6, 6.07) is 0.550. The maximum absolute atomic E-state index is 12.6. The number of Topliss-reactive ketones (excluding diaryl/α,β-unsaturated/α-hetero) is 1. The number of carbonyl (C=O) groups is 2. The van der Waals surface area contributed by atoms with E-state index in [2.05, 4.69) is 4.90 Å². The van der Waals surface area contributed by atoms with Crippen LogP contribution in [0.3, 0.4) is 0 Å². The molecule has 0 radical (unpaired) electrons. The van der Waals surface area contributed by atoms with Crippen molar-refractivity contribution < 1.29 is 14.3 Å². The lowest BCUT2D eigenvalue weighted by atomic mass is 9.77. The van der Waals surface area contributed by atoms with Crippen LogP contribution in [0.1, 0.15) is 59.3 Å². The molecule has 1 saturated heterocycles. The van der Waals surface area contributed by atoms with E-state index < -0.39 is 11.4 Å². The standard InChI is InChI=1S/C17H29NO3/c1-4-21-16(20)17(2,3)15(19)12-18-11-7-9-13-8-5-6-10-14(13)18/h13-14H,4-12H2,1-3H3. The molecule has 1 heterocycles. The minimum Gasteiger partial charge on any atom is -0.465 e. The van der Waals surface area contributed by atoms with Crippen molar-refractivity contribution in [1.82, 2.24) is 4.90 Å². The van der Waals surface area contributed by atoms with E-state index in [1.165, 1.54) is 38.5 Å². The highest BCUT2D eigenvalue weighted by Gasteiger charge is 2.40. The van der Waals surface area contributed by atoms with E-state index in [0.717, 1.165) is 12.5 Å². The molecule has 0 bridgehead atoms. The first-order valence-electron chi connectivity index (χ1n) is 8.41. The fourth-order valence-corrected chi connectivity index (χ4v) is 3.73. The van der Waals surface area contributed by atoms with Crippen molar-refractivity contribution in [2.24, 2.45) is 11.3 Å². The molecule has 4 heteroatoms. The molecule has 1 aliphatic heterocycles. The monoisotopic (exact) mass is 295 g/mol. The van der Waals surface area contributed by atoms with E-state index in [0.29, 0.717) is 19.2 Å². The van der Waals surface area contributed by atoms with Gasteiger partial charge in [-0.3, -0.25) is 14.5 Å². The quantitative estimate of drug-likeness (QED) is 0.578. The van der Waals surface area contributed by atoms with Gasteiger partial charge in [0.2, 0.25) is 0 Å². The van der Waals surface area contributed by atoms with Gasteiger partial charge in [-0.05, 0) is 58.9 Å². The van der Waals surface area contributed by atoms with Gasteiger partial charge in [0.15, 0.2) is 5.78 Å². The van der Waals surface area contributed by atoms with E-state index in [-0.39, 0.29) is 5.78 Å². The van der Waals surface area contributed by atoms with Crippen molar-refractivity contribution in [1.29, 1.82) is 0 Å². The number of fused-ring (bicyclic) bond motifs is 1. The first-order valence-corrected chi connectivity index (χ1v) is 8.41. The summed E-state index contributed by atoms with van der Waals surface area (Å²) in [4.78, 5) is 26.9. The number of hydrogen-bond acceptors (Lipinski definition) is 4. The average molecular weight is 295 g/mol. The van der Waals surface area contributed by atoms with E-state index >= 15 is 0 Å². The van der Waals surface area contributed by atoms with Gasteiger partial charge < -0.3 is 4.74 Å². The van der Waals surface area contributed by atoms with Crippen molar-refractivity contribution in [3.63, 3.8) is 0 Å². The summed E-state index contributed by atoms with van der Waals surface area (Å²) in [5.41, 5.74) is -1.03. The Morgan fingerprint density at radius 3 is 2.52 bits per heavy atom. The van der Waals surface area contributed by atoms with Gasteiger partial charge >= 0.3 is 5.97 Å². The van der Waals surface area contributed by atoms with Crippen LogP contribution in [-0.2, 0) is 14.3 Å². The van der Waals surface area contributed by atoms with Crippen molar-refractivity contribution >= 4 is 11.8 Å². The topological polar surface area (TPSA) is 46.6 Å². The average Bonchev–Trinajstić information content (AvgIpc) is 2.47. The van der Waals surface area contributed by atoms with Gasteiger partial charge in [0.1, 0.15) is 5.41 Å². The number of piperidine rings is 1. The van der Waals surface area contributed by atoms with Gasteiger partial charge in [0, 0.05) is 6.04 Å². The van der Waals surface area contributed by atoms with Crippen LogP contribution in [0.2, 0.25) is 0 Å². The molecule has 0 aromatic rings. The van der Waals surface area contributed by atoms with Crippen molar-refractivity contribution in [3.05, 3.63) is 0 Å². The number of ketones is 1. The van der Waals surface area contributed by atoms with E-state index in [1.54, 1.807) is 20.8 Å². The maximum atomic E-state index is 12.6. The highest BCUT2D eigenvalue weighted by atomic mass is 16.5. The van der Waals surface area contributed by atoms with Gasteiger partial charge in [-0.25, -0.2) is 0 Å². The Balaban J connectivity index is 1.99. The summed E-state index contributed by atoms with van der Waals surface area (Å²) in [6.07, 6.45) is 7.59. The van der Waals surface area contributed by atoms with Crippen LogP contribution in [0.5, 0.6) is 0 Å². The molecule has 0 aromatic heterocycles. The maximum Gasteiger partial charge on any atom is 0.319 e. The molecule has 21 heavy (non-hydrogen) atoms. The number of likely N-dealkylation sites (tertiary alicyclic amines) is 1. The number of ether oxygens (including phenoxy) is 1. The largest absolute Gasteiger partial charge is 0.465 e. The molecule has 4 nitrogen and oxygen atoms in total. The lowest BCUT2D eigenvalue weighted by Crippen LogP contribution is -2.51. The molecule has 120 valence electrons. The second kappa shape index (κ2) is 6.91. The van der Waals surface area contributed by atoms with Gasteiger partial charge in [0.25, 0.3) is 0 Å². The number of carbonyl (C=O) groups excluding carboxylic acids is 2. The third-order valence-electron chi connectivity index (χ3n) is 5.19. The zero-order valence-electron chi connectivity index (χ0n) is 13.7. The van der Waals surface area contributed by atoms with Gasteiger partial charge in [0.05, 0.1) is 13.2 Å². The normalized spacial score (nSPS) is 27.0. The van der Waals surface area contributed by atoms with Crippen LogP contribution in [0.25, 0.3) is 0 Å². The molecule has 0 N–H and O–H groups in total. The molecule has 1 aliphatic carbocycles. The first-order chi connectivity index (χ1) is 9.96. The van der Waals surface area contributed by atoms with Gasteiger partial charge in [-0.2, -0.15) is 0 Å². The number of rotatable bonds is 5. The van der Waals surface area contributed by atoms with E-state index in [1.807, 2.05) is 0 Å². The molecule has 0 amide bonds. The molecule has 0 aromatic carbocycles. The zero-order chi connectivity index (χ0) is 15.5. The van der Waals surface area contributed by atoms with Crippen LogP contribution in [-0.4, -0.2) is 42.4 Å². The molecule has 2 aliphatic rings. The lowest BCUT2D eigenvalue weighted by Gasteiger charge is -2.44. The van der Waals surface area contributed by atoms with Gasteiger partial charge in [-0.1, -0.05) is 12.8 Å². The third kappa shape index (κ3) is 3.65. The summed E-state index contributed by atoms with van der Waals surface area (Å²) < 4.78 is 5.05. The Morgan fingerprint density at radius 1 is 1.14 bits per heavy atom. The fraction of sp³-hybridized carbons (Fsp3) is 0.882. The van der Waals surface area contributed by atoms with Crippen molar-refractivity contribution in [3.8, 4) is 0 Å². The van der Waals surface area contributed by atoms with Gasteiger partial charge in [-0.15, -0.1) is 0 Å². The van der Waals surface area contributed by atoms with E-state index in [4.69, 9.17) is 4.74 Å². The summed E-state index contributed by atoms with van der Waals surface area (Å²) >= 11 is 0. The van der Waals surface area contributed by atoms with Crippen LogP contribution in [0.15, 0.2) is 0 Å². The number of esters is 1. The highest BCUT2D eigenvalue weighted by molar-refractivity contribution is 6.03. The minimum atomic E-state index is -1.03. The molecule has 1 saturated carbocycles. The fourth-order valence-electron chi connectivity index (χ4n) is 3.73. The number of nitrogens with zero attached hydrogens (tertiary/aromatic N) is 1. The van der Waals surface area contributed by atoms with Crippen LogP contribution < -0.4 is 0 Å². The molecular formula is C17H29NO3. The highest BCUT2D eigenvalue weighted by Crippen LogP contribution is 2.35. The molecule has 2 atom stereocenters. The second-order valence-corrected chi connectivity index (χ2v) is 6.99. The zero-order valence-corrected chi connectivity index (χ0v) is 13.7. The molecule has 0 spiro atoms. The van der Waals surface area contributed by atoms with Crippen molar-refractivity contribution in [2.45, 2.75) is 65.3 Å². The van der Waals surface area contributed by atoms with Crippen molar-refractivity contribution in [2.75, 3.05) is 19.7 Å². The Hall–Kier alpha value is -0.900. The lowest BCUT2D eigenvalue weighted by molar-refractivity contribution is -0.158. The smallest absolute Gasteiger partial charge is 0.319 e. The molecule has 2 fully saturated rings. The predicted molar refractivity (Wildman–Crippen MR) is 82.0 cm³/mol. The van der Waals surface area contributed by atoms with Crippen LogP contribution in [0, 0.1) is 11.3 Å². The number of hydrogen-bond donors (Lipinski definition) is 0. The SMILES string of the molecule is CCOC(=O)C(C)(C)C(=O)CN1CCCC2CCCCC21. The molecule has 2 unspecified atom stereocenters. The molecular weight excluding hydrogens is 266 g/mol. The summed E-state index contributed by atoms with van der Waals surface area (Å²) in [5.74, 6) is 0.352. The Labute approximate surface area is 128 Å². The van der Waals surface area contributed by atoms with Crippen LogP contribution >= 0.6 is 0 Å². The molecule has 2 rings (SSSR count). The van der Waals surface area contributed by atoms with Crippen LogP contribution in [0.4, 0.5) is 0 Å². The minimum absolute atomic E-state index is 0.00725. The summed E-state index contributed by atoms with van der Waals surface area (Å²) in [5, 5.41) is 0. The second-order valence-electron chi connectivity index (χ2n) is 6.99. The predicted octanol–water partition coefficient (Wildman–Crippen LogP) is 2.80. The summed E-state index contributed by atoms with van der Waals surface area (Å²) in [7, 11) is 0. The summed E-state index contributed by atoms with van der Waals surface area (Å²) in [6.45, 7) is 6.86. The Kier molecular flexibility index (Phi) is 5.42. The third-order valence-corrected chi connectivity index (χ3v) is 5.19. The Morgan fingerprint density at radius 2 is 1.81 bits per heavy atom. The van der Waals surface area contributed by atoms with E-state index in [9.17, 15) is 9.59 Å². The first kappa shape index (κ1) is 16.5. The Bertz CT molecular complexity index is 389.